The van der Waals surface area contributed by atoms with Crippen molar-refractivity contribution < 1.29 is 9.90 Å². The number of nitrogens with zero attached hydrogens (tertiary/aromatic N) is 1. The molecule has 0 radical (unpaired) electrons. The summed E-state index contributed by atoms with van der Waals surface area (Å²) in [6, 6.07) is 6.45. The molecule has 0 fully saturated rings. The second kappa shape index (κ2) is 5.80. The van der Waals surface area contributed by atoms with Gasteiger partial charge in [0.2, 0.25) is 0 Å². The van der Waals surface area contributed by atoms with Crippen LogP contribution >= 0.6 is 0 Å². The van der Waals surface area contributed by atoms with Gasteiger partial charge in [-0.3, -0.25) is 0 Å². The normalized spacial score (nSPS) is 11.4. The van der Waals surface area contributed by atoms with Crippen molar-refractivity contribution in [3.8, 4) is 18.1 Å². The van der Waals surface area contributed by atoms with Crippen molar-refractivity contribution in [2.75, 3.05) is 13.6 Å². The number of terminal acetylenes is 1. The molecule has 0 aliphatic heterocycles. The van der Waals surface area contributed by atoms with Crippen molar-refractivity contribution in [3.05, 3.63) is 29.8 Å². The van der Waals surface area contributed by atoms with Crippen LogP contribution in [0.1, 0.15) is 18.5 Å². The van der Waals surface area contributed by atoms with Gasteiger partial charge >= 0.3 is 6.03 Å². The zero-order valence-corrected chi connectivity index (χ0v) is 9.97. The van der Waals surface area contributed by atoms with Crippen molar-refractivity contribution in [1.82, 2.24) is 10.2 Å². The zero-order valence-electron chi connectivity index (χ0n) is 9.97. The van der Waals surface area contributed by atoms with Crippen LogP contribution in [0.25, 0.3) is 0 Å². The molecule has 4 heteroatoms. The maximum atomic E-state index is 11.7. The average Bonchev–Trinajstić information content (AvgIpc) is 2.34. The van der Waals surface area contributed by atoms with E-state index in [-0.39, 0.29) is 24.4 Å². The van der Waals surface area contributed by atoms with Gasteiger partial charge in [0, 0.05) is 7.05 Å². The Morgan fingerprint density at radius 2 is 2.35 bits per heavy atom. The van der Waals surface area contributed by atoms with Gasteiger partial charge in [-0.25, -0.2) is 4.79 Å². The molecule has 0 bridgehead atoms. The summed E-state index contributed by atoms with van der Waals surface area (Å²) in [5.41, 5.74) is 0.864. The molecule has 0 saturated carbocycles. The lowest BCUT2D eigenvalue weighted by Gasteiger charge is -2.25. The fourth-order valence-electron chi connectivity index (χ4n) is 1.44. The number of rotatable bonds is 3. The van der Waals surface area contributed by atoms with Crippen molar-refractivity contribution in [1.29, 1.82) is 0 Å². The van der Waals surface area contributed by atoms with Gasteiger partial charge in [-0.2, -0.15) is 0 Å². The van der Waals surface area contributed by atoms with Crippen molar-refractivity contribution >= 4 is 6.03 Å². The number of carbonyl (C=O) groups excluding carboxylic acids is 1. The Balaban J connectivity index is 2.73. The first-order valence-electron chi connectivity index (χ1n) is 5.29. The van der Waals surface area contributed by atoms with E-state index >= 15 is 0 Å². The van der Waals surface area contributed by atoms with E-state index in [1.165, 1.54) is 4.90 Å². The first kappa shape index (κ1) is 12.9. The summed E-state index contributed by atoms with van der Waals surface area (Å²) in [5.74, 6) is 2.53. The van der Waals surface area contributed by atoms with Crippen molar-refractivity contribution in [3.63, 3.8) is 0 Å². The summed E-state index contributed by atoms with van der Waals surface area (Å²) < 4.78 is 0. The Morgan fingerprint density at radius 1 is 1.65 bits per heavy atom. The number of phenols is 1. The zero-order chi connectivity index (χ0) is 12.8. The Morgan fingerprint density at radius 3 is 2.94 bits per heavy atom. The largest absolute Gasteiger partial charge is 0.508 e. The topological polar surface area (TPSA) is 52.6 Å². The molecular weight excluding hydrogens is 216 g/mol. The van der Waals surface area contributed by atoms with Crippen LogP contribution in [0.4, 0.5) is 4.79 Å². The lowest BCUT2D eigenvalue weighted by Crippen LogP contribution is -2.38. The fraction of sp³-hybridized carbons (Fsp3) is 0.308. The number of hydrogen-bond acceptors (Lipinski definition) is 2. The number of aromatic hydroxyl groups is 1. The number of nitrogens with one attached hydrogen (secondary N) is 1. The molecule has 1 rings (SSSR count). The van der Waals surface area contributed by atoms with Crippen LogP contribution in [0.2, 0.25) is 0 Å². The molecule has 0 aliphatic carbocycles. The molecule has 1 aromatic rings. The molecule has 1 unspecified atom stereocenters. The van der Waals surface area contributed by atoms with Gasteiger partial charge in [0.15, 0.2) is 0 Å². The SMILES string of the molecule is C#CCNC(=O)N(C)C(C)c1cccc(O)c1. The number of carbonyl (C=O) groups is 1. The maximum Gasteiger partial charge on any atom is 0.318 e. The van der Waals surface area contributed by atoms with Crippen LogP contribution in [0, 0.1) is 12.3 Å². The van der Waals surface area contributed by atoms with E-state index in [1.54, 1.807) is 25.2 Å². The van der Waals surface area contributed by atoms with E-state index in [0.29, 0.717) is 0 Å². The lowest BCUT2D eigenvalue weighted by molar-refractivity contribution is 0.195. The van der Waals surface area contributed by atoms with Crippen LogP contribution in [0.3, 0.4) is 0 Å². The molecule has 4 nitrogen and oxygen atoms in total. The molecule has 0 heterocycles. The van der Waals surface area contributed by atoms with E-state index in [4.69, 9.17) is 6.42 Å². The summed E-state index contributed by atoms with van der Waals surface area (Å²) in [4.78, 5) is 13.2. The lowest BCUT2D eigenvalue weighted by atomic mass is 10.1. The summed E-state index contributed by atoms with van der Waals surface area (Å²) in [6.45, 7) is 2.08. The van der Waals surface area contributed by atoms with Gasteiger partial charge in [-0.15, -0.1) is 6.42 Å². The summed E-state index contributed by atoms with van der Waals surface area (Å²) in [6.07, 6.45) is 5.07. The molecule has 0 aliphatic rings. The summed E-state index contributed by atoms with van der Waals surface area (Å²) in [5, 5.41) is 12.0. The Bertz CT molecular complexity index is 437. The smallest absolute Gasteiger partial charge is 0.318 e. The molecule has 0 spiro atoms. The third-order valence-electron chi connectivity index (χ3n) is 2.60. The number of amides is 2. The summed E-state index contributed by atoms with van der Waals surface area (Å²) in [7, 11) is 1.68. The van der Waals surface area contributed by atoms with Crippen LogP contribution in [0.5, 0.6) is 5.75 Å². The highest BCUT2D eigenvalue weighted by Gasteiger charge is 2.16. The van der Waals surface area contributed by atoms with Crippen LogP contribution in [-0.4, -0.2) is 29.6 Å². The first-order chi connectivity index (χ1) is 8.06. The van der Waals surface area contributed by atoms with E-state index in [0.717, 1.165) is 5.56 Å². The average molecular weight is 232 g/mol. The maximum absolute atomic E-state index is 11.7. The molecule has 1 atom stereocenters. The van der Waals surface area contributed by atoms with Crippen LogP contribution in [0.15, 0.2) is 24.3 Å². The first-order valence-corrected chi connectivity index (χ1v) is 5.29. The molecular formula is C13H16N2O2. The molecule has 1 aromatic carbocycles. The standard InChI is InChI=1S/C13H16N2O2/c1-4-8-14-13(17)15(3)10(2)11-6-5-7-12(16)9-11/h1,5-7,9-10,16H,8H2,2-3H3,(H,14,17). The minimum atomic E-state index is -0.237. The number of benzene rings is 1. The predicted molar refractivity (Wildman–Crippen MR) is 66.5 cm³/mol. The summed E-state index contributed by atoms with van der Waals surface area (Å²) >= 11 is 0. The Kier molecular flexibility index (Phi) is 4.41. The monoisotopic (exact) mass is 232 g/mol. The predicted octanol–water partition coefficient (Wildman–Crippen LogP) is 1.73. The van der Waals surface area contributed by atoms with Gasteiger partial charge in [0.1, 0.15) is 5.75 Å². The van der Waals surface area contributed by atoms with Gasteiger partial charge < -0.3 is 15.3 Å². The molecule has 2 N–H and O–H groups in total. The number of phenolic OH excluding ortho intramolecular Hbond substituents is 1. The molecule has 90 valence electrons. The van der Waals surface area contributed by atoms with E-state index < -0.39 is 0 Å². The highest BCUT2D eigenvalue weighted by Crippen LogP contribution is 2.22. The van der Waals surface area contributed by atoms with Crippen molar-refractivity contribution in [2.45, 2.75) is 13.0 Å². The number of hydrogen-bond donors (Lipinski definition) is 2. The Labute approximate surface area is 101 Å². The van der Waals surface area contributed by atoms with Gasteiger partial charge in [-0.1, -0.05) is 18.1 Å². The van der Waals surface area contributed by atoms with E-state index in [1.807, 2.05) is 13.0 Å². The molecule has 17 heavy (non-hydrogen) atoms. The van der Waals surface area contributed by atoms with Crippen LogP contribution in [-0.2, 0) is 0 Å². The Hall–Kier alpha value is -2.15. The van der Waals surface area contributed by atoms with Gasteiger partial charge in [0.05, 0.1) is 12.6 Å². The van der Waals surface area contributed by atoms with Gasteiger partial charge in [-0.05, 0) is 24.6 Å². The highest BCUT2D eigenvalue weighted by molar-refractivity contribution is 5.74. The quantitative estimate of drug-likeness (QED) is 0.780. The minimum Gasteiger partial charge on any atom is -0.508 e. The van der Waals surface area contributed by atoms with E-state index in [2.05, 4.69) is 11.2 Å². The fourth-order valence-corrected chi connectivity index (χ4v) is 1.44. The van der Waals surface area contributed by atoms with Crippen LogP contribution < -0.4 is 5.32 Å². The molecule has 2 amide bonds. The third-order valence-corrected chi connectivity index (χ3v) is 2.60. The third kappa shape index (κ3) is 3.42. The molecule has 0 aromatic heterocycles. The van der Waals surface area contributed by atoms with Crippen molar-refractivity contribution in [2.24, 2.45) is 0 Å². The van der Waals surface area contributed by atoms with E-state index in [9.17, 15) is 9.90 Å². The minimum absolute atomic E-state index is 0.139. The second-order valence-corrected chi connectivity index (χ2v) is 3.74. The van der Waals surface area contributed by atoms with Gasteiger partial charge in [0.25, 0.3) is 0 Å². The highest BCUT2D eigenvalue weighted by atomic mass is 16.3. The molecule has 0 saturated heterocycles. The second-order valence-electron chi connectivity index (χ2n) is 3.74. The number of urea groups is 1.